The Kier molecular flexibility index (Phi) is 2.88. The van der Waals surface area contributed by atoms with E-state index >= 15 is 0 Å². The van der Waals surface area contributed by atoms with E-state index in [1.54, 1.807) is 0 Å². The van der Waals surface area contributed by atoms with Gasteiger partial charge in [0.25, 0.3) is 0 Å². The summed E-state index contributed by atoms with van der Waals surface area (Å²) in [6.45, 7) is 0. The van der Waals surface area contributed by atoms with Crippen molar-refractivity contribution in [2.45, 2.75) is 25.3 Å². The van der Waals surface area contributed by atoms with Crippen LogP contribution >= 0.6 is 15.9 Å². The molecular weight excluding hydrogens is 245 g/mol. The molecular formula is C11H13BrFN. The van der Waals surface area contributed by atoms with Crippen molar-refractivity contribution in [2.24, 2.45) is 11.7 Å². The molecule has 1 aliphatic rings. The molecule has 0 bridgehead atoms. The minimum atomic E-state index is -0.222. The van der Waals surface area contributed by atoms with Gasteiger partial charge < -0.3 is 5.73 Å². The lowest BCUT2D eigenvalue weighted by Gasteiger charge is -2.11. The Hall–Kier alpha value is -0.410. The average Bonchev–Trinajstić information content (AvgIpc) is 2.86. The molecule has 3 heteroatoms. The van der Waals surface area contributed by atoms with Gasteiger partial charge in [-0.25, -0.2) is 4.39 Å². The van der Waals surface area contributed by atoms with Gasteiger partial charge in [-0.3, -0.25) is 0 Å². The highest BCUT2D eigenvalue weighted by Gasteiger charge is 2.24. The second-order valence-electron chi connectivity index (χ2n) is 3.99. The average molecular weight is 258 g/mol. The largest absolute Gasteiger partial charge is 0.324 e. The van der Waals surface area contributed by atoms with Crippen LogP contribution in [0.25, 0.3) is 0 Å². The number of rotatable bonds is 3. The van der Waals surface area contributed by atoms with Crippen molar-refractivity contribution in [1.29, 1.82) is 0 Å². The number of benzene rings is 1. The van der Waals surface area contributed by atoms with E-state index in [4.69, 9.17) is 5.73 Å². The summed E-state index contributed by atoms with van der Waals surface area (Å²) in [5, 5.41) is 0. The summed E-state index contributed by atoms with van der Waals surface area (Å²) in [6.07, 6.45) is 3.55. The van der Waals surface area contributed by atoms with Crippen LogP contribution < -0.4 is 5.73 Å². The molecule has 0 saturated heterocycles. The lowest BCUT2D eigenvalue weighted by Crippen LogP contribution is -2.11. The quantitative estimate of drug-likeness (QED) is 0.883. The minimum absolute atomic E-state index is 0.0190. The molecule has 1 saturated carbocycles. The Bertz CT molecular complexity index is 316. The molecule has 0 heterocycles. The normalized spacial score (nSPS) is 18.2. The molecule has 14 heavy (non-hydrogen) atoms. The number of halogens is 2. The van der Waals surface area contributed by atoms with E-state index in [0.717, 1.165) is 22.4 Å². The van der Waals surface area contributed by atoms with Gasteiger partial charge in [-0.2, -0.15) is 0 Å². The van der Waals surface area contributed by atoms with E-state index in [-0.39, 0.29) is 11.9 Å². The van der Waals surface area contributed by atoms with Crippen LogP contribution in [0.2, 0.25) is 0 Å². The molecule has 0 aromatic heterocycles. The van der Waals surface area contributed by atoms with Crippen molar-refractivity contribution in [2.75, 3.05) is 0 Å². The zero-order valence-corrected chi connectivity index (χ0v) is 9.43. The Morgan fingerprint density at radius 2 is 2.14 bits per heavy atom. The third-order valence-corrected chi connectivity index (χ3v) is 3.06. The van der Waals surface area contributed by atoms with Crippen LogP contribution in [0.5, 0.6) is 0 Å². The second kappa shape index (κ2) is 3.99. The summed E-state index contributed by atoms with van der Waals surface area (Å²) in [7, 11) is 0. The molecule has 1 atom stereocenters. The summed E-state index contributed by atoms with van der Waals surface area (Å²) in [4.78, 5) is 0. The molecule has 1 nitrogen and oxygen atoms in total. The van der Waals surface area contributed by atoms with E-state index in [9.17, 15) is 4.39 Å². The van der Waals surface area contributed by atoms with Crippen LogP contribution in [0.1, 0.15) is 30.9 Å². The van der Waals surface area contributed by atoms with Crippen LogP contribution in [-0.4, -0.2) is 0 Å². The standard InChI is InChI=1S/C11H13BrFN/c12-9-4-8(5-10(13)6-9)11(14)3-7-1-2-7/h4-7,11H,1-3,14H2/t11-/m1/s1. The minimum Gasteiger partial charge on any atom is -0.324 e. The first kappa shape index (κ1) is 10.1. The van der Waals surface area contributed by atoms with Crippen molar-refractivity contribution < 1.29 is 4.39 Å². The Morgan fingerprint density at radius 3 is 2.71 bits per heavy atom. The van der Waals surface area contributed by atoms with E-state index < -0.39 is 0 Å². The van der Waals surface area contributed by atoms with Crippen LogP contribution in [0.4, 0.5) is 4.39 Å². The predicted octanol–water partition coefficient (Wildman–Crippen LogP) is 3.39. The molecule has 0 radical (unpaired) electrons. The smallest absolute Gasteiger partial charge is 0.124 e. The Balaban J connectivity index is 2.12. The first-order chi connectivity index (χ1) is 6.65. The molecule has 1 aromatic carbocycles. The van der Waals surface area contributed by atoms with Crippen LogP contribution in [0.3, 0.4) is 0 Å². The van der Waals surface area contributed by atoms with Crippen molar-refractivity contribution in [3.05, 3.63) is 34.1 Å². The second-order valence-corrected chi connectivity index (χ2v) is 4.90. The van der Waals surface area contributed by atoms with Crippen molar-refractivity contribution in [3.63, 3.8) is 0 Å². The number of nitrogens with two attached hydrogens (primary N) is 1. The highest BCUT2D eigenvalue weighted by Crippen LogP contribution is 2.37. The van der Waals surface area contributed by atoms with E-state index in [2.05, 4.69) is 15.9 Å². The maximum atomic E-state index is 13.1. The topological polar surface area (TPSA) is 26.0 Å². The van der Waals surface area contributed by atoms with E-state index in [1.165, 1.54) is 25.0 Å². The number of hydrogen-bond acceptors (Lipinski definition) is 1. The zero-order chi connectivity index (χ0) is 10.1. The van der Waals surface area contributed by atoms with E-state index in [1.807, 2.05) is 6.07 Å². The SMILES string of the molecule is N[C@H](CC1CC1)c1cc(F)cc(Br)c1. The summed E-state index contributed by atoms with van der Waals surface area (Å²) in [6, 6.07) is 4.86. The molecule has 0 aliphatic heterocycles. The van der Waals surface area contributed by atoms with Crippen LogP contribution in [0, 0.1) is 11.7 Å². The van der Waals surface area contributed by atoms with E-state index in [0.29, 0.717) is 0 Å². The fourth-order valence-electron chi connectivity index (χ4n) is 1.64. The summed E-state index contributed by atoms with van der Waals surface area (Å²) < 4.78 is 13.8. The molecule has 0 unspecified atom stereocenters. The maximum absolute atomic E-state index is 13.1. The summed E-state index contributed by atoms with van der Waals surface area (Å²) in [5.41, 5.74) is 6.88. The molecule has 1 aromatic rings. The Morgan fingerprint density at radius 1 is 1.43 bits per heavy atom. The Labute approximate surface area is 91.6 Å². The maximum Gasteiger partial charge on any atom is 0.124 e. The predicted molar refractivity (Wildman–Crippen MR) is 58.4 cm³/mol. The highest BCUT2D eigenvalue weighted by atomic mass is 79.9. The van der Waals surface area contributed by atoms with Gasteiger partial charge >= 0.3 is 0 Å². The first-order valence-corrected chi connectivity index (χ1v) is 5.66. The van der Waals surface area contributed by atoms with Crippen LogP contribution in [0.15, 0.2) is 22.7 Å². The molecule has 76 valence electrons. The molecule has 0 spiro atoms. The van der Waals surface area contributed by atoms with Gasteiger partial charge in [0.05, 0.1) is 0 Å². The van der Waals surface area contributed by atoms with Gasteiger partial charge in [-0.05, 0) is 36.1 Å². The van der Waals surface area contributed by atoms with Gasteiger partial charge in [0.2, 0.25) is 0 Å². The van der Waals surface area contributed by atoms with Crippen LogP contribution in [-0.2, 0) is 0 Å². The van der Waals surface area contributed by atoms with Gasteiger partial charge in [-0.15, -0.1) is 0 Å². The highest BCUT2D eigenvalue weighted by molar-refractivity contribution is 9.10. The molecule has 2 rings (SSSR count). The first-order valence-electron chi connectivity index (χ1n) is 4.87. The summed E-state index contributed by atoms with van der Waals surface area (Å²) >= 11 is 3.27. The number of hydrogen-bond donors (Lipinski definition) is 1. The third kappa shape index (κ3) is 2.55. The van der Waals surface area contributed by atoms with Gasteiger partial charge in [0.15, 0.2) is 0 Å². The van der Waals surface area contributed by atoms with Crippen molar-refractivity contribution in [1.82, 2.24) is 0 Å². The monoisotopic (exact) mass is 257 g/mol. The lowest BCUT2D eigenvalue weighted by molar-refractivity contribution is 0.582. The fraction of sp³-hybridized carbons (Fsp3) is 0.455. The molecule has 2 N–H and O–H groups in total. The molecule has 0 amide bonds. The lowest BCUT2D eigenvalue weighted by atomic mass is 10.0. The third-order valence-electron chi connectivity index (χ3n) is 2.60. The van der Waals surface area contributed by atoms with Gasteiger partial charge in [0, 0.05) is 10.5 Å². The van der Waals surface area contributed by atoms with Gasteiger partial charge in [0.1, 0.15) is 5.82 Å². The van der Waals surface area contributed by atoms with Crippen molar-refractivity contribution in [3.8, 4) is 0 Å². The summed E-state index contributed by atoms with van der Waals surface area (Å²) in [5.74, 6) is 0.549. The van der Waals surface area contributed by atoms with Crippen molar-refractivity contribution >= 4 is 15.9 Å². The molecule has 1 fully saturated rings. The van der Waals surface area contributed by atoms with Gasteiger partial charge in [-0.1, -0.05) is 28.8 Å². The fourth-order valence-corrected chi connectivity index (χ4v) is 2.12. The zero-order valence-electron chi connectivity index (χ0n) is 7.84. The molecule has 1 aliphatic carbocycles.